The number of rotatable bonds is 5. The van der Waals surface area contributed by atoms with E-state index in [2.05, 4.69) is 5.32 Å². The van der Waals surface area contributed by atoms with Crippen LogP contribution in [0, 0.1) is 12.8 Å². The Balaban J connectivity index is 1.97. The highest BCUT2D eigenvalue weighted by Crippen LogP contribution is 2.27. The molecule has 1 saturated carbocycles. The van der Waals surface area contributed by atoms with Crippen LogP contribution in [0.15, 0.2) is 12.3 Å². The molecule has 1 aromatic rings. The number of hydrogen-bond acceptors (Lipinski definition) is 2. The molecular formula is C12H16N2O3. The Labute approximate surface area is 99.4 Å². The van der Waals surface area contributed by atoms with Crippen LogP contribution in [0.5, 0.6) is 0 Å². The number of hydrogen-bond donors (Lipinski definition) is 2. The lowest BCUT2D eigenvalue weighted by Gasteiger charge is -2.07. The van der Waals surface area contributed by atoms with E-state index in [1.165, 1.54) is 17.4 Å². The van der Waals surface area contributed by atoms with Crippen molar-refractivity contribution in [1.82, 2.24) is 9.88 Å². The third-order valence-electron chi connectivity index (χ3n) is 2.97. The Bertz CT molecular complexity index is 447. The van der Waals surface area contributed by atoms with Crippen molar-refractivity contribution in [3.05, 3.63) is 23.5 Å². The molecule has 5 nitrogen and oxygen atoms in total. The number of aromatic carboxylic acids is 1. The SMILES string of the molecule is Cc1ccn(CC(=O)NCC2CC2)c1C(=O)O. The van der Waals surface area contributed by atoms with Gasteiger partial charge in [0.05, 0.1) is 0 Å². The van der Waals surface area contributed by atoms with E-state index in [0.717, 1.165) is 0 Å². The number of carboxylic acids is 1. The molecule has 1 fully saturated rings. The molecule has 0 aliphatic heterocycles. The Kier molecular flexibility index (Phi) is 3.17. The van der Waals surface area contributed by atoms with E-state index in [4.69, 9.17) is 5.11 Å². The molecule has 5 heteroatoms. The second-order valence-corrected chi connectivity index (χ2v) is 4.53. The molecule has 0 spiro atoms. The molecule has 0 unspecified atom stereocenters. The van der Waals surface area contributed by atoms with Gasteiger partial charge in [0.15, 0.2) is 0 Å². The van der Waals surface area contributed by atoms with Crippen LogP contribution in [0.4, 0.5) is 0 Å². The second-order valence-electron chi connectivity index (χ2n) is 4.53. The first-order valence-corrected chi connectivity index (χ1v) is 5.73. The largest absolute Gasteiger partial charge is 0.477 e. The number of nitrogens with one attached hydrogen (secondary N) is 1. The average molecular weight is 236 g/mol. The maximum atomic E-state index is 11.6. The molecule has 1 aliphatic carbocycles. The quantitative estimate of drug-likeness (QED) is 0.801. The first-order valence-electron chi connectivity index (χ1n) is 5.73. The van der Waals surface area contributed by atoms with E-state index in [1.54, 1.807) is 19.2 Å². The molecular weight excluding hydrogens is 220 g/mol. The zero-order valence-electron chi connectivity index (χ0n) is 9.77. The van der Waals surface area contributed by atoms with E-state index in [1.807, 2.05) is 0 Å². The summed E-state index contributed by atoms with van der Waals surface area (Å²) in [5, 5.41) is 11.8. The summed E-state index contributed by atoms with van der Waals surface area (Å²) >= 11 is 0. The summed E-state index contributed by atoms with van der Waals surface area (Å²) in [6.07, 6.45) is 4.00. The van der Waals surface area contributed by atoms with Crippen LogP contribution in [0.2, 0.25) is 0 Å². The van der Waals surface area contributed by atoms with Crippen LogP contribution in [-0.4, -0.2) is 28.1 Å². The zero-order chi connectivity index (χ0) is 12.4. The van der Waals surface area contributed by atoms with Crippen LogP contribution < -0.4 is 5.32 Å². The maximum Gasteiger partial charge on any atom is 0.352 e. The molecule has 92 valence electrons. The highest BCUT2D eigenvalue weighted by molar-refractivity contribution is 5.88. The molecule has 0 bridgehead atoms. The van der Waals surface area contributed by atoms with Gasteiger partial charge in [0.2, 0.25) is 5.91 Å². The number of aryl methyl sites for hydroxylation is 1. The van der Waals surface area contributed by atoms with Gasteiger partial charge in [-0.05, 0) is 37.3 Å². The van der Waals surface area contributed by atoms with Gasteiger partial charge in [0.1, 0.15) is 12.2 Å². The van der Waals surface area contributed by atoms with Crippen molar-refractivity contribution >= 4 is 11.9 Å². The highest BCUT2D eigenvalue weighted by atomic mass is 16.4. The molecule has 0 atom stereocenters. The van der Waals surface area contributed by atoms with E-state index in [0.29, 0.717) is 18.0 Å². The lowest BCUT2D eigenvalue weighted by atomic mass is 10.3. The minimum Gasteiger partial charge on any atom is -0.477 e. The third-order valence-corrected chi connectivity index (χ3v) is 2.97. The lowest BCUT2D eigenvalue weighted by molar-refractivity contribution is -0.121. The molecule has 1 heterocycles. The monoisotopic (exact) mass is 236 g/mol. The van der Waals surface area contributed by atoms with Gasteiger partial charge >= 0.3 is 5.97 Å². The Morgan fingerprint density at radius 2 is 2.24 bits per heavy atom. The smallest absolute Gasteiger partial charge is 0.352 e. The minimum atomic E-state index is -0.998. The predicted octanol–water partition coefficient (Wildman–Crippen LogP) is 1.02. The van der Waals surface area contributed by atoms with Crippen molar-refractivity contribution in [3.63, 3.8) is 0 Å². The summed E-state index contributed by atoms with van der Waals surface area (Å²) < 4.78 is 1.47. The molecule has 1 aromatic heterocycles. The minimum absolute atomic E-state index is 0.0716. The summed E-state index contributed by atoms with van der Waals surface area (Å²) in [6, 6.07) is 1.71. The van der Waals surface area contributed by atoms with Gasteiger partial charge < -0.3 is 15.0 Å². The molecule has 0 radical (unpaired) electrons. The first-order chi connectivity index (χ1) is 8.08. The molecule has 1 aliphatic rings. The van der Waals surface area contributed by atoms with Gasteiger partial charge in [-0.25, -0.2) is 4.79 Å². The summed E-state index contributed by atoms with van der Waals surface area (Å²) in [5.41, 5.74) is 0.860. The number of carbonyl (C=O) groups excluding carboxylic acids is 1. The standard InChI is InChI=1S/C12H16N2O3/c1-8-4-5-14(11(8)12(16)17)7-10(15)13-6-9-2-3-9/h4-5,9H,2-3,6-7H2,1H3,(H,13,15)(H,16,17). The summed E-state index contributed by atoms with van der Waals surface area (Å²) in [6.45, 7) is 2.51. The van der Waals surface area contributed by atoms with E-state index < -0.39 is 5.97 Å². The highest BCUT2D eigenvalue weighted by Gasteiger charge is 2.22. The zero-order valence-corrected chi connectivity index (χ0v) is 9.77. The summed E-state index contributed by atoms with van der Waals surface area (Å²) in [5.74, 6) is -0.498. The van der Waals surface area contributed by atoms with Gasteiger partial charge in [0.25, 0.3) is 0 Å². The first kappa shape index (κ1) is 11.7. The Morgan fingerprint density at radius 1 is 1.53 bits per heavy atom. The summed E-state index contributed by atoms with van der Waals surface area (Å²) in [7, 11) is 0. The fraction of sp³-hybridized carbons (Fsp3) is 0.500. The van der Waals surface area contributed by atoms with Crippen molar-refractivity contribution in [1.29, 1.82) is 0 Å². The average Bonchev–Trinajstić information content (AvgIpc) is 3.00. The van der Waals surface area contributed by atoms with Crippen LogP contribution in [0.3, 0.4) is 0 Å². The number of carboxylic acid groups (broad SMARTS) is 1. The van der Waals surface area contributed by atoms with E-state index >= 15 is 0 Å². The molecule has 2 N–H and O–H groups in total. The molecule has 1 amide bonds. The van der Waals surface area contributed by atoms with Gasteiger partial charge in [-0.15, -0.1) is 0 Å². The Hall–Kier alpha value is -1.78. The van der Waals surface area contributed by atoms with E-state index in [-0.39, 0.29) is 18.1 Å². The van der Waals surface area contributed by atoms with Gasteiger partial charge in [-0.2, -0.15) is 0 Å². The van der Waals surface area contributed by atoms with Gasteiger partial charge in [-0.1, -0.05) is 0 Å². The van der Waals surface area contributed by atoms with Crippen LogP contribution >= 0.6 is 0 Å². The van der Waals surface area contributed by atoms with Crippen LogP contribution in [0.1, 0.15) is 28.9 Å². The third kappa shape index (κ3) is 2.87. The van der Waals surface area contributed by atoms with Gasteiger partial charge in [0, 0.05) is 12.7 Å². The fourth-order valence-corrected chi connectivity index (χ4v) is 1.80. The number of carbonyl (C=O) groups is 2. The van der Waals surface area contributed by atoms with Crippen molar-refractivity contribution < 1.29 is 14.7 Å². The molecule has 2 rings (SSSR count). The number of amides is 1. The van der Waals surface area contributed by atoms with Crippen molar-refractivity contribution in [3.8, 4) is 0 Å². The van der Waals surface area contributed by atoms with Crippen LogP contribution in [-0.2, 0) is 11.3 Å². The van der Waals surface area contributed by atoms with E-state index in [9.17, 15) is 9.59 Å². The van der Waals surface area contributed by atoms with Crippen LogP contribution in [0.25, 0.3) is 0 Å². The lowest BCUT2D eigenvalue weighted by Crippen LogP contribution is -2.30. The normalized spacial score (nSPS) is 14.6. The molecule has 17 heavy (non-hydrogen) atoms. The molecule has 0 aromatic carbocycles. The summed E-state index contributed by atoms with van der Waals surface area (Å²) in [4.78, 5) is 22.6. The van der Waals surface area contributed by atoms with Crippen molar-refractivity contribution in [2.75, 3.05) is 6.54 Å². The predicted molar refractivity (Wildman–Crippen MR) is 61.9 cm³/mol. The number of nitrogens with zero attached hydrogens (tertiary/aromatic N) is 1. The maximum absolute atomic E-state index is 11.6. The number of aromatic nitrogens is 1. The van der Waals surface area contributed by atoms with Crippen molar-refractivity contribution in [2.24, 2.45) is 5.92 Å². The molecule has 0 saturated heterocycles. The second kappa shape index (κ2) is 4.61. The van der Waals surface area contributed by atoms with Crippen molar-refractivity contribution in [2.45, 2.75) is 26.3 Å². The topological polar surface area (TPSA) is 71.3 Å². The fourth-order valence-electron chi connectivity index (χ4n) is 1.80. The van der Waals surface area contributed by atoms with Gasteiger partial charge in [-0.3, -0.25) is 4.79 Å². The Morgan fingerprint density at radius 3 is 2.82 bits per heavy atom.